The second-order valence-corrected chi connectivity index (χ2v) is 11.6. The van der Waals surface area contributed by atoms with Crippen LogP contribution in [0.3, 0.4) is 0 Å². The van der Waals surface area contributed by atoms with Gasteiger partial charge in [0.2, 0.25) is 0 Å². The van der Waals surface area contributed by atoms with Crippen molar-refractivity contribution in [2.75, 3.05) is 23.7 Å². The Kier molecular flexibility index (Phi) is 7.51. The van der Waals surface area contributed by atoms with E-state index < -0.39 is 5.54 Å². The molecule has 2 aliphatic rings. The van der Waals surface area contributed by atoms with Gasteiger partial charge in [0, 0.05) is 64.4 Å². The Morgan fingerprint density at radius 2 is 1.39 bits per heavy atom. The lowest BCUT2D eigenvalue weighted by Crippen LogP contribution is -2.58. The summed E-state index contributed by atoms with van der Waals surface area (Å²) in [6, 6.07) is 22.9. The highest BCUT2D eigenvalue weighted by atomic mass is 32.1. The summed E-state index contributed by atoms with van der Waals surface area (Å²) in [4.78, 5) is 27.5. The fraction of sp³-hybridized carbons (Fsp3) is 0.229. The molecule has 0 bridgehead atoms. The first-order chi connectivity index (χ1) is 21.2. The summed E-state index contributed by atoms with van der Waals surface area (Å²) in [7, 11) is 0. The molecule has 44 heavy (non-hydrogen) atoms. The third-order valence-corrected chi connectivity index (χ3v) is 8.42. The first kappa shape index (κ1) is 29.2. The summed E-state index contributed by atoms with van der Waals surface area (Å²) in [6.07, 6.45) is 0. The maximum atomic E-state index is 14.4. The first-order valence-electron chi connectivity index (χ1n) is 14.8. The van der Waals surface area contributed by atoms with Crippen LogP contribution in [-0.4, -0.2) is 35.0 Å². The number of carbonyl (C=O) groups excluding carboxylic acids is 2. The van der Waals surface area contributed by atoms with E-state index in [0.717, 1.165) is 57.8 Å². The first-order valence-corrected chi connectivity index (χ1v) is 15.2. The number of thiocarbonyl (C=S) groups is 1. The molecule has 2 heterocycles. The van der Waals surface area contributed by atoms with Gasteiger partial charge in [-0.05, 0) is 88.3 Å². The summed E-state index contributed by atoms with van der Waals surface area (Å²) in [5, 5.41) is 11.2. The van der Waals surface area contributed by atoms with Crippen molar-refractivity contribution in [1.29, 1.82) is 0 Å². The molecule has 2 aliphatic heterocycles. The number of benzene rings is 4. The van der Waals surface area contributed by atoms with Crippen molar-refractivity contribution in [1.82, 2.24) is 15.8 Å². The smallest absolute Gasteiger partial charge is 0.274 e. The molecule has 0 saturated heterocycles. The lowest BCUT2D eigenvalue weighted by Gasteiger charge is -2.44. The van der Waals surface area contributed by atoms with Crippen molar-refractivity contribution >= 4 is 40.5 Å². The molecule has 9 heteroatoms. The van der Waals surface area contributed by atoms with Crippen LogP contribution in [0.1, 0.15) is 67.9 Å². The predicted molar refractivity (Wildman–Crippen MR) is 178 cm³/mol. The molecule has 4 N–H and O–H groups in total. The Morgan fingerprint density at radius 1 is 0.818 bits per heavy atom. The fourth-order valence-corrected chi connectivity index (χ4v) is 6.37. The molecule has 0 aliphatic carbocycles. The van der Waals surface area contributed by atoms with Gasteiger partial charge in [0.15, 0.2) is 5.11 Å². The number of amides is 2. The van der Waals surface area contributed by atoms with Gasteiger partial charge in [-0.1, -0.05) is 35.9 Å². The van der Waals surface area contributed by atoms with Gasteiger partial charge in [-0.3, -0.25) is 20.3 Å². The highest BCUT2D eigenvalue weighted by molar-refractivity contribution is 7.80. The van der Waals surface area contributed by atoms with Crippen molar-refractivity contribution in [3.63, 3.8) is 0 Å². The topological polar surface area (TPSA) is 94.7 Å². The number of ether oxygens (including phenoxy) is 1. The second-order valence-electron chi connectivity index (χ2n) is 11.1. The lowest BCUT2D eigenvalue weighted by molar-refractivity contribution is 0.0588. The number of rotatable bonds is 6. The molecule has 0 radical (unpaired) electrons. The molecular formula is C35H35N5O3S. The SMILES string of the molecule is CCNc1cc2c(cc1C)C1(c3cc(C)c(NCC)cc3O2)c2ccccc2C(=O)N1NC(=S)NC(=O)c1ccc(C)cc1. The number of nitrogens with zero attached hydrogens (tertiary/aromatic N) is 1. The van der Waals surface area contributed by atoms with E-state index in [0.29, 0.717) is 22.6 Å². The number of aryl methyl sites for hydroxylation is 3. The number of fused-ring (bicyclic) bond motifs is 6. The number of hydrazine groups is 1. The maximum Gasteiger partial charge on any atom is 0.274 e. The molecule has 0 unspecified atom stereocenters. The van der Waals surface area contributed by atoms with Gasteiger partial charge in [-0.25, -0.2) is 5.01 Å². The fourth-order valence-electron chi connectivity index (χ4n) is 6.19. The molecule has 2 amide bonds. The molecule has 4 aromatic rings. The average molecular weight is 606 g/mol. The molecular weight excluding hydrogens is 570 g/mol. The van der Waals surface area contributed by atoms with Crippen molar-refractivity contribution in [3.05, 3.63) is 117 Å². The van der Waals surface area contributed by atoms with Gasteiger partial charge in [0.05, 0.1) is 0 Å². The van der Waals surface area contributed by atoms with Gasteiger partial charge in [-0.2, -0.15) is 0 Å². The van der Waals surface area contributed by atoms with Gasteiger partial charge in [-0.15, -0.1) is 0 Å². The van der Waals surface area contributed by atoms with Crippen LogP contribution in [0.25, 0.3) is 0 Å². The summed E-state index contributed by atoms with van der Waals surface area (Å²) < 4.78 is 6.64. The minimum Gasteiger partial charge on any atom is -0.456 e. The minimum absolute atomic E-state index is 0.00711. The number of hydrogen-bond donors (Lipinski definition) is 4. The van der Waals surface area contributed by atoms with Crippen LogP contribution in [-0.2, 0) is 5.54 Å². The number of anilines is 2. The van der Waals surface area contributed by atoms with E-state index in [1.165, 1.54) is 0 Å². The van der Waals surface area contributed by atoms with E-state index in [9.17, 15) is 9.59 Å². The summed E-state index contributed by atoms with van der Waals surface area (Å²) in [5.41, 5.74) is 10.3. The molecule has 6 rings (SSSR count). The Bertz CT molecular complexity index is 1760. The van der Waals surface area contributed by atoms with Gasteiger partial charge < -0.3 is 15.4 Å². The molecule has 1 spiro atoms. The summed E-state index contributed by atoms with van der Waals surface area (Å²) in [6.45, 7) is 11.6. The molecule has 0 aromatic heterocycles. The zero-order valence-electron chi connectivity index (χ0n) is 25.4. The van der Waals surface area contributed by atoms with E-state index in [2.05, 4.69) is 33.5 Å². The van der Waals surface area contributed by atoms with E-state index >= 15 is 0 Å². The predicted octanol–water partition coefficient (Wildman–Crippen LogP) is 6.55. The Hall–Kier alpha value is -4.89. The monoisotopic (exact) mass is 605 g/mol. The van der Waals surface area contributed by atoms with Crippen molar-refractivity contribution in [2.45, 2.75) is 40.2 Å². The standard InChI is InChI=1S/C35H35N5O3S/c1-6-36-28-18-30-26(16-21(28)4)35(27-17-22(5)29(37-7-2)19-31(27)43-30)25-11-9-8-10-24(25)33(42)40(35)39-34(44)38-32(41)23-14-12-20(3)13-15-23/h8-19,36-37H,6-7H2,1-5H3,(H2,38,39,41,44). The third kappa shape index (κ3) is 4.64. The van der Waals surface area contributed by atoms with Crippen molar-refractivity contribution < 1.29 is 14.3 Å². The number of hydrogen-bond acceptors (Lipinski definition) is 6. The van der Waals surface area contributed by atoms with E-state index in [-0.39, 0.29) is 16.9 Å². The number of nitrogens with one attached hydrogen (secondary N) is 4. The molecule has 0 atom stereocenters. The van der Waals surface area contributed by atoms with Crippen LogP contribution in [0.5, 0.6) is 11.5 Å². The minimum atomic E-state index is -1.15. The Labute approximate surface area is 262 Å². The maximum absolute atomic E-state index is 14.4. The molecule has 4 aromatic carbocycles. The van der Waals surface area contributed by atoms with Crippen LogP contribution in [0, 0.1) is 20.8 Å². The quantitative estimate of drug-likeness (QED) is 0.185. The molecule has 224 valence electrons. The zero-order chi connectivity index (χ0) is 31.2. The van der Waals surface area contributed by atoms with Crippen LogP contribution >= 0.6 is 12.2 Å². The van der Waals surface area contributed by atoms with E-state index in [1.807, 2.05) is 83.1 Å². The summed E-state index contributed by atoms with van der Waals surface area (Å²) >= 11 is 5.68. The Morgan fingerprint density at radius 3 is 1.95 bits per heavy atom. The average Bonchev–Trinajstić information content (AvgIpc) is 3.23. The van der Waals surface area contributed by atoms with Crippen molar-refractivity contribution in [3.8, 4) is 11.5 Å². The van der Waals surface area contributed by atoms with Crippen molar-refractivity contribution in [2.24, 2.45) is 0 Å². The lowest BCUT2D eigenvalue weighted by atomic mass is 9.74. The normalized spacial score (nSPS) is 13.8. The van der Waals surface area contributed by atoms with E-state index in [1.54, 1.807) is 17.1 Å². The van der Waals surface area contributed by atoms with Gasteiger partial charge >= 0.3 is 0 Å². The molecule has 0 saturated carbocycles. The van der Waals surface area contributed by atoms with Gasteiger partial charge in [0.1, 0.15) is 17.0 Å². The van der Waals surface area contributed by atoms with Crippen LogP contribution in [0.15, 0.2) is 72.8 Å². The number of carbonyl (C=O) groups is 2. The van der Waals surface area contributed by atoms with E-state index in [4.69, 9.17) is 17.0 Å². The zero-order valence-corrected chi connectivity index (χ0v) is 26.2. The van der Waals surface area contributed by atoms with Crippen LogP contribution in [0.2, 0.25) is 0 Å². The highest BCUT2D eigenvalue weighted by Gasteiger charge is 2.57. The molecule has 8 nitrogen and oxygen atoms in total. The second kappa shape index (κ2) is 11.3. The largest absolute Gasteiger partial charge is 0.456 e. The molecule has 0 fully saturated rings. The summed E-state index contributed by atoms with van der Waals surface area (Å²) in [5.74, 6) is 0.603. The third-order valence-electron chi connectivity index (χ3n) is 8.23. The Balaban J connectivity index is 1.54. The van der Waals surface area contributed by atoms with Gasteiger partial charge in [0.25, 0.3) is 11.8 Å². The van der Waals surface area contributed by atoms with Crippen LogP contribution < -0.4 is 26.1 Å². The highest BCUT2D eigenvalue weighted by Crippen LogP contribution is 2.58. The van der Waals surface area contributed by atoms with Crippen LogP contribution in [0.4, 0.5) is 11.4 Å².